The van der Waals surface area contributed by atoms with Crippen LogP contribution in [0.3, 0.4) is 0 Å². The molecule has 1 aliphatic heterocycles. The fraction of sp³-hybridized carbons (Fsp3) is 0.471. The first-order valence-electron chi connectivity index (χ1n) is 8.12. The Morgan fingerprint density at radius 1 is 1.38 bits per heavy atom. The molecular formula is C17H21N3O3S. The summed E-state index contributed by atoms with van der Waals surface area (Å²) in [6.45, 7) is 2.96. The first kappa shape index (κ1) is 16.8. The number of hydrazone groups is 1. The maximum absolute atomic E-state index is 12.3. The number of amidine groups is 1. The molecule has 1 fully saturated rings. The second-order valence-corrected chi connectivity index (χ2v) is 7.32. The molecule has 0 aromatic carbocycles. The Morgan fingerprint density at radius 3 is 2.88 bits per heavy atom. The van der Waals surface area contributed by atoms with E-state index < -0.39 is 4.87 Å². The van der Waals surface area contributed by atoms with Crippen LogP contribution in [0.25, 0.3) is 6.08 Å². The number of thioether (sulfide) groups is 1. The number of furan rings is 1. The van der Waals surface area contributed by atoms with Crippen LogP contribution in [0.5, 0.6) is 0 Å². The van der Waals surface area contributed by atoms with E-state index in [1.54, 1.807) is 6.26 Å². The van der Waals surface area contributed by atoms with E-state index in [1.807, 2.05) is 18.2 Å². The van der Waals surface area contributed by atoms with E-state index in [1.165, 1.54) is 30.6 Å². The van der Waals surface area contributed by atoms with Gasteiger partial charge in [0.2, 0.25) is 11.8 Å². The SMILES string of the molecule is CC(=O)NC1=NN(C(C)=O)C2(CCCCCC2=Cc2ccco2)S1. The summed E-state index contributed by atoms with van der Waals surface area (Å²) in [4.78, 5) is 23.1. The van der Waals surface area contributed by atoms with Gasteiger partial charge in [-0.15, -0.1) is 5.10 Å². The Labute approximate surface area is 145 Å². The highest BCUT2D eigenvalue weighted by Crippen LogP contribution is 2.49. The average Bonchev–Trinajstić information content (AvgIpc) is 3.08. The molecule has 1 N–H and O–H groups in total. The summed E-state index contributed by atoms with van der Waals surface area (Å²) >= 11 is 1.46. The minimum Gasteiger partial charge on any atom is -0.465 e. The maximum Gasteiger partial charge on any atom is 0.241 e. The highest BCUT2D eigenvalue weighted by Gasteiger charge is 2.49. The largest absolute Gasteiger partial charge is 0.465 e. The van der Waals surface area contributed by atoms with E-state index in [0.29, 0.717) is 5.17 Å². The van der Waals surface area contributed by atoms with E-state index in [4.69, 9.17) is 4.42 Å². The van der Waals surface area contributed by atoms with Crippen LogP contribution in [0.1, 0.15) is 51.7 Å². The molecule has 3 rings (SSSR count). The number of hydrogen-bond acceptors (Lipinski definition) is 5. The molecule has 128 valence electrons. The summed E-state index contributed by atoms with van der Waals surface area (Å²) in [5.41, 5.74) is 1.11. The normalized spacial score (nSPS) is 25.7. The molecule has 24 heavy (non-hydrogen) atoms. The van der Waals surface area contributed by atoms with Crippen LogP contribution in [0.4, 0.5) is 0 Å². The van der Waals surface area contributed by atoms with Crippen molar-refractivity contribution >= 4 is 34.8 Å². The number of nitrogens with one attached hydrogen (secondary N) is 1. The van der Waals surface area contributed by atoms with Crippen molar-refractivity contribution in [2.24, 2.45) is 5.10 Å². The summed E-state index contributed by atoms with van der Waals surface area (Å²) in [6, 6.07) is 3.75. The Bertz CT molecular complexity index is 696. The van der Waals surface area contributed by atoms with Crippen LogP contribution in [0.2, 0.25) is 0 Å². The highest BCUT2D eigenvalue weighted by atomic mass is 32.2. The van der Waals surface area contributed by atoms with Gasteiger partial charge in [0.15, 0.2) is 5.17 Å². The molecule has 7 heteroatoms. The molecule has 6 nitrogen and oxygen atoms in total. The predicted octanol–water partition coefficient (Wildman–Crippen LogP) is 3.33. The van der Waals surface area contributed by atoms with Crippen molar-refractivity contribution in [1.29, 1.82) is 0 Å². The predicted molar refractivity (Wildman–Crippen MR) is 93.9 cm³/mol. The maximum atomic E-state index is 12.3. The van der Waals surface area contributed by atoms with Crippen LogP contribution in [-0.2, 0) is 9.59 Å². The van der Waals surface area contributed by atoms with Gasteiger partial charge in [-0.25, -0.2) is 5.01 Å². The second kappa shape index (κ2) is 6.84. The second-order valence-electron chi connectivity index (χ2n) is 6.05. The minimum atomic E-state index is -0.576. The summed E-state index contributed by atoms with van der Waals surface area (Å²) in [6.07, 6.45) is 8.51. The number of carbonyl (C=O) groups is 2. The third-order valence-corrected chi connectivity index (χ3v) is 5.56. The van der Waals surface area contributed by atoms with Crippen molar-refractivity contribution < 1.29 is 14.0 Å². The van der Waals surface area contributed by atoms with Crippen LogP contribution in [-0.4, -0.2) is 26.9 Å². The molecule has 1 aromatic heterocycles. The van der Waals surface area contributed by atoms with Crippen LogP contribution in [0.15, 0.2) is 33.5 Å². The first-order valence-corrected chi connectivity index (χ1v) is 8.93. The molecule has 2 heterocycles. The van der Waals surface area contributed by atoms with Gasteiger partial charge in [0, 0.05) is 13.8 Å². The standard InChI is InChI=1S/C17H21N3O3S/c1-12(21)18-16-19-20(13(2)22)17(24-16)9-5-3-4-7-14(17)11-15-8-6-10-23-15/h6,8,10-11H,3-5,7,9H2,1-2H3,(H,18,19,21). The van der Waals surface area contributed by atoms with E-state index >= 15 is 0 Å². The lowest BCUT2D eigenvalue weighted by Gasteiger charge is -2.35. The van der Waals surface area contributed by atoms with Crippen molar-refractivity contribution in [3.8, 4) is 0 Å². The fourth-order valence-corrected chi connectivity index (χ4v) is 4.65. The van der Waals surface area contributed by atoms with Gasteiger partial charge in [-0.3, -0.25) is 9.59 Å². The van der Waals surface area contributed by atoms with Gasteiger partial charge in [0.25, 0.3) is 0 Å². The molecule has 0 saturated heterocycles. The van der Waals surface area contributed by atoms with Gasteiger partial charge >= 0.3 is 0 Å². The molecule has 1 aliphatic carbocycles. The molecule has 2 aliphatic rings. The first-order chi connectivity index (χ1) is 11.5. The lowest BCUT2D eigenvalue weighted by Crippen LogP contribution is -2.44. The Balaban J connectivity index is 2.02. The quantitative estimate of drug-likeness (QED) is 0.845. The molecule has 1 unspecified atom stereocenters. The van der Waals surface area contributed by atoms with Gasteiger partial charge in [-0.1, -0.05) is 18.2 Å². The Hall–Kier alpha value is -2.02. The number of amides is 2. The van der Waals surface area contributed by atoms with Gasteiger partial charge < -0.3 is 9.73 Å². The molecule has 0 bridgehead atoms. The lowest BCUT2D eigenvalue weighted by atomic mass is 9.99. The van der Waals surface area contributed by atoms with E-state index in [9.17, 15) is 9.59 Å². The number of carbonyl (C=O) groups excluding carboxylic acids is 2. The van der Waals surface area contributed by atoms with E-state index in [-0.39, 0.29) is 11.8 Å². The molecular weight excluding hydrogens is 326 g/mol. The minimum absolute atomic E-state index is 0.130. The van der Waals surface area contributed by atoms with Crippen LogP contribution >= 0.6 is 11.8 Å². The zero-order chi connectivity index (χ0) is 17.2. The number of hydrogen-bond donors (Lipinski definition) is 1. The van der Waals surface area contributed by atoms with Crippen LogP contribution < -0.4 is 5.32 Å². The van der Waals surface area contributed by atoms with Gasteiger partial charge in [0.05, 0.1) is 6.26 Å². The zero-order valence-corrected chi connectivity index (χ0v) is 14.7. The molecule has 1 spiro atoms. The summed E-state index contributed by atoms with van der Waals surface area (Å²) in [5.74, 6) is 0.449. The van der Waals surface area contributed by atoms with Crippen molar-refractivity contribution in [2.75, 3.05) is 0 Å². The topological polar surface area (TPSA) is 74.9 Å². The Kier molecular flexibility index (Phi) is 4.80. The summed E-state index contributed by atoms with van der Waals surface area (Å²) in [7, 11) is 0. The summed E-state index contributed by atoms with van der Waals surface area (Å²) < 4.78 is 5.47. The van der Waals surface area contributed by atoms with Crippen molar-refractivity contribution in [2.45, 2.75) is 50.8 Å². The summed E-state index contributed by atoms with van der Waals surface area (Å²) in [5, 5.41) is 9.12. The molecule has 1 aromatic rings. The lowest BCUT2D eigenvalue weighted by molar-refractivity contribution is -0.131. The van der Waals surface area contributed by atoms with E-state index in [2.05, 4.69) is 10.4 Å². The van der Waals surface area contributed by atoms with Crippen molar-refractivity contribution in [3.63, 3.8) is 0 Å². The molecule has 2 amide bonds. The highest BCUT2D eigenvalue weighted by molar-refractivity contribution is 8.15. The Morgan fingerprint density at radius 2 is 2.21 bits per heavy atom. The molecule has 1 saturated carbocycles. The van der Waals surface area contributed by atoms with Gasteiger partial charge in [0.1, 0.15) is 10.6 Å². The molecule has 1 atom stereocenters. The van der Waals surface area contributed by atoms with Crippen molar-refractivity contribution in [3.05, 3.63) is 29.7 Å². The number of rotatable bonds is 1. The third-order valence-electron chi connectivity index (χ3n) is 4.20. The molecule has 0 radical (unpaired) electrons. The fourth-order valence-electron chi connectivity index (χ4n) is 3.22. The van der Waals surface area contributed by atoms with Crippen molar-refractivity contribution in [1.82, 2.24) is 10.3 Å². The number of nitrogens with zero attached hydrogens (tertiary/aromatic N) is 2. The zero-order valence-electron chi connectivity index (χ0n) is 13.9. The smallest absolute Gasteiger partial charge is 0.241 e. The monoisotopic (exact) mass is 347 g/mol. The van der Waals surface area contributed by atoms with E-state index in [0.717, 1.165) is 43.4 Å². The van der Waals surface area contributed by atoms with Gasteiger partial charge in [-0.05, 0) is 49.5 Å². The third kappa shape index (κ3) is 3.26. The average molecular weight is 347 g/mol. The van der Waals surface area contributed by atoms with Gasteiger partial charge in [-0.2, -0.15) is 0 Å². The van der Waals surface area contributed by atoms with Crippen LogP contribution in [0, 0.1) is 0 Å².